The Morgan fingerprint density at radius 1 is 0.815 bits per heavy atom. The molecule has 2 N–H and O–H groups in total. The van der Waals surface area contributed by atoms with Gasteiger partial charge in [-0.05, 0) is 35.1 Å². The van der Waals surface area contributed by atoms with E-state index in [0.717, 1.165) is 16.9 Å². The van der Waals surface area contributed by atoms with Crippen molar-refractivity contribution in [2.75, 3.05) is 6.23 Å². The topological polar surface area (TPSA) is 49.7 Å². The molecular formula is C23H34O3Si. The Labute approximate surface area is 165 Å². The molecule has 0 aliphatic carbocycles. The van der Waals surface area contributed by atoms with E-state index >= 15 is 0 Å². The average Bonchev–Trinajstić information content (AvgIpc) is 2.52. The second-order valence-corrected chi connectivity index (χ2v) is 14.7. The molecule has 0 amide bonds. The third-order valence-electron chi connectivity index (χ3n) is 4.95. The van der Waals surface area contributed by atoms with Gasteiger partial charge in [-0.3, -0.25) is 0 Å². The molecule has 0 aromatic heterocycles. The summed E-state index contributed by atoms with van der Waals surface area (Å²) >= 11 is 0. The highest BCUT2D eigenvalue weighted by Crippen LogP contribution is 2.41. The Hall–Kier alpha value is -1.94. The molecule has 0 fully saturated rings. The third kappa shape index (κ3) is 5.07. The van der Waals surface area contributed by atoms with Crippen LogP contribution in [0, 0.1) is 0 Å². The van der Waals surface area contributed by atoms with Crippen LogP contribution in [0.3, 0.4) is 0 Å². The minimum Gasteiger partial charge on any atom is -0.508 e. The fourth-order valence-electron chi connectivity index (χ4n) is 3.09. The second-order valence-electron chi connectivity index (χ2n) is 10.1. The van der Waals surface area contributed by atoms with Crippen molar-refractivity contribution in [3.8, 4) is 17.2 Å². The van der Waals surface area contributed by atoms with Crippen molar-refractivity contribution in [2.45, 2.75) is 65.5 Å². The van der Waals surface area contributed by atoms with Crippen molar-refractivity contribution in [3.63, 3.8) is 0 Å². The lowest BCUT2D eigenvalue weighted by atomic mass is 9.79. The molecule has 0 aliphatic rings. The molecule has 0 spiro atoms. The van der Waals surface area contributed by atoms with Gasteiger partial charge in [-0.2, -0.15) is 0 Å². The lowest BCUT2D eigenvalue weighted by Crippen LogP contribution is -2.47. The van der Waals surface area contributed by atoms with E-state index in [4.69, 9.17) is 4.74 Å². The van der Waals surface area contributed by atoms with Crippen LogP contribution in [0.15, 0.2) is 36.4 Å². The summed E-state index contributed by atoms with van der Waals surface area (Å²) in [6.07, 6.45) is 0.635. The summed E-state index contributed by atoms with van der Waals surface area (Å²) in [5.74, 6) is 1.46. The molecule has 0 bridgehead atoms. The van der Waals surface area contributed by atoms with Gasteiger partial charge in [0.05, 0.1) is 6.23 Å². The number of aromatic hydroxyl groups is 2. The third-order valence-corrected chi connectivity index (χ3v) is 7.71. The van der Waals surface area contributed by atoms with E-state index in [9.17, 15) is 10.2 Å². The van der Waals surface area contributed by atoms with Crippen molar-refractivity contribution < 1.29 is 14.9 Å². The molecule has 0 atom stereocenters. The van der Waals surface area contributed by atoms with Crippen molar-refractivity contribution in [2.24, 2.45) is 0 Å². The highest BCUT2D eigenvalue weighted by Gasteiger charge is 2.29. The minimum atomic E-state index is -1.82. The quantitative estimate of drug-likeness (QED) is 0.708. The van der Waals surface area contributed by atoms with Gasteiger partial charge < -0.3 is 14.9 Å². The molecule has 3 nitrogen and oxygen atoms in total. The van der Waals surface area contributed by atoms with Crippen molar-refractivity contribution in [1.29, 1.82) is 0 Å². The summed E-state index contributed by atoms with van der Waals surface area (Å²) in [6.45, 7) is 17.1. The van der Waals surface area contributed by atoms with Crippen molar-refractivity contribution in [3.05, 3.63) is 47.5 Å². The molecule has 0 aliphatic heterocycles. The molecule has 27 heavy (non-hydrogen) atoms. The van der Waals surface area contributed by atoms with Gasteiger partial charge >= 0.3 is 0 Å². The summed E-state index contributed by atoms with van der Waals surface area (Å²) in [5, 5.41) is 21.6. The maximum Gasteiger partial charge on any atom is 0.124 e. The van der Waals surface area contributed by atoms with Gasteiger partial charge in [0.15, 0.2) is 0 Å². The Balaban J connectivity index is 2.37. The Morgan fingerprint density at radius 2 is 1.26 bits per heavy atom. The zero-order chi connectivity index (χ0) is 20.6. The Kier molecular flexibility index (Phi) is 5.72. The number of rotatable bonds is 4. The minimum absolute atomic E-state index is 0.173. The van der Waals surface area contributed by atoms with E-state index < -0.39 is 8.07 Å². The molecule has 2 aromatic carbocycles. The molecule has 0 saturated carbocycles. The number of hydrogen-bond acceptors (Lipinski definition) is 3. The van der Waals surface area contributed by atoms with Crippen LogP contribution in [-0.4, -0.2) is 24.5 Å². The second kappa shape index (κ2) is 7.23. The van der Waals surface area contributed by atoms with Crippen LogP contribution in [0.5, 0.6) is 17.2 Å². The van der Waals surface area contributed by atoms with Crippen LogP contribution in [0.25, 0.3) is 0 Å². The molecule has 2 rings (SSSR count). The van der Waals surface area contributed by atoms with E-state index in [1.807, 2.05) is 24.3 Å². The van der Waals surface area contributed by atoms with Gasteiger partial charge in [0.25, 0.3) is 0 Å². The van der Waals surface area contributed by atoms with Crippen LogP contribution in [0.4, 0.5) is 0 Å². The molecular weight excluding hydrogens is 352 g/mol. The maximum absolute atomic E-state index is 10.8. The summed E-state index contributed by atoms with van der Waals surface area (Å²) in [5.41, 5.74) is 1.48. The smallest absolute Gasteiger partial charge is 0.124 e. The average molecular weight is 387 g/mol. The summed E-state index contributed by atoms with van der Waals surface area (Å²) in [4.78, 5) is 0. The zero-order valence-corrected chi connectivity index (χ0v) is 19.0. The zero-order valence-electron chi connectivity index (χ0n) is 18.0. The number of ether oxygens (including phenoxy) is 1. The number of phenolic OH excluding ortho intramolecular Hbond substituents is 2. The molecule has 148 valence electrons. The standard InChI is InChI=1S/C23H34O3Si/c1-22(2,3)19-13-17(14-20(21(19)25)23(4,5)6)26-15-27(7,8)18-11-9-16(24)10-12-18/h9-14,24-25H,15H2,1-8H3. The fourth-order valence-corrected chi connectivity index (χ4v) is 4.86. The lowest BCUT2D eigenvalue weighted by Gasteiger charge is -2.29. The molecule has 0 saturated heterocycles. The first-order valence-electron chi connectivity index (χ1n) is 9.52. The molecule has 0 radical (unpaired) electrons. The molecule has 0 heterocycles. The van der Waals surface area contributed by atoms with E-state index in [2.05, 4.69) is 54.6 Å². The Morgan fingerprint density at radius 3 is 1.67 bits per heavy atom. The highest BCUT2D eigenvalue weighted by molar-refractivity contribution is 6.89. The number of hydrogen-bond donors (Lipinski definition) is 2. The first-order chi connectivity index (χ1) is 12.2. The van der Waals surface area contributed by atoms with Gasteiger partial charge in [0.1, 0.15) is 25.3 Å². The molecule has 0 unspecified atom stereocenters. The Bertz CT molecular complexity index is 759. The van der Waals surface area contributed by atoms with Gasteiger partial charge in [-0.25, -0.2) is 0 Å². The van der Waals surface area contributed by atoms with Gasteiger partial charge in [-0.15, -0.1) is 0 Å². The van der Waals surface area contributed by atoms with E-state index in [0.29, 0.717) is 12.0 Å². The highest BCUT2D eigenvalue weighted by atomic mass is 28.3. The van der Waals surface area contributed by atoms with Crippen LogP contribution < -0.4 is 9.92 Å². The van der Waals surface area contributed by atoms with Gasteiger partial charge in [0.2, 0.25) is 0 Å². The van der Waals surface area contributed by atoms with Gasteiger partial charge in [0, 0.05) is 11.1 Å². The summed E-state index contributed by atoms with van der Waals surface area (Å²) in [7, 11) is -1.82. The monoisotopic (exact) mass is 386 g/mol. The predicted molar refractivity (Wildman–Crippen MR) is 116 cm³/mol. The first kappa shape index (κ1) is 21.4. The van der Waals surface area contributed by atoms with Crippen LogP contribution in [0.2, 0.25) is 13.1 Å². The van der Waals surface area contributed by atoms with Crippen LogP contribution in [-0.2, 0) is 10.8 Å². The maximum atomic E-state index is 10.8. The van der Waals surface area contributed by atoms with Crippen molar-refractivity contribution in [1.82, 2.24) is 0 Å². The first-order valence-corrected chi connectivity index (χ1v) is 12.7. The van der Waals surface area contributed by atoms with Crippen LogP contribution >= 0.6 is 0 Å². The predicted octanol–water partition coefficient (Wildman–Crippen LogP) is 5.23. The fraction of sp³-hybridized carbons (Fsp3) is 0.478. The normalized spacial score (nSPS) is 12.9. The lowest BCUT2D eigenvalue weighted by molar-refractivity contribution is 0.369. The number of benzene rings is 2. The SMILES string of the molecule is CC(C)(C)c1cc(OC[Si](C)(C)c2ccc(O)cc2)cc(C(C)(C)C)c1O. The van der Waals surface area contributed by atoms with Crippen molar-refractivity contribution >= 4 is 13.3 Å². The number of phenols is 2. The summed E-state index contributed by atoms with van der Waals surface area (Å²) in [6, 6.07) is 11.4. The van der Waals surface area contributed by atoms with Crippen LogP contribution in [0.1, 0.15) is 52.7 Å². The molecule has 2 aromatic rings. The molecule has 4 heteroatoms. The summed E-state index contributed by atoms with van der Waals surface area (Å²) < 4.78 is 6.27. The van der Waals surface area contributed by atoms with E-state index in [-0.39, 0.29) is 16.6 Å². The van der Waals surface area contributed by atoms with E-state index in [1.54, 1.807) is 12.1 Å². The van der Waals surface area contributed by atoms with Gasteiger partial charge in [-0.1, -0.05) is 72.0 Å². The largest absolute Gasteiger partial charge is 0.508 e. The van der Waals surface area contributed by atoms with E-state index in [1.165, 1.54) is 5.19 Å².